The zero-order valence-corrected chi connectivity index (χ0v) is 12.8. The maximum atomic E-state index is 12.5. The largest absolute Gasteiger partial charge is 0.350 e. The molecule has 3 rings (SSSR count). The van der Waals surface area contributed by atoms with Crippen molar-refractivity contribution in [1.82, 2.24) is 4.90 Å². The van der Waals surface area contributed by atoms with E-state index in [9.17, 15) is 4.79 Å². The van der Waals surface area contributed by atoms with Gasteiger partial charge in [-0.3, -0.25) is 4.79 Å². The van der Waals surface area contributed by atoms with Crippen molar-refractivity contribution in [3.63, 3.8) is 0 Å². The number of nitrogens with zero attached hydrogens (tertiary/aromatic N) is 1. The fourth-order valence-corrected chi connectivity index (χ4v) is 3.28. The number of likely N-dealkylation sites (tertiary alicyclic amines) is 1. The van der Waals surface area contributed by atoms with Crippen LogP contribution in [0.5, 0.6) is 0 Å². The lowest BCUT2D eigenvalue weighted by Gasteiger charge is -2.34. The molecule has 0 atom stereocenters. The minimum Gasteiger partial charge on any atom is -0.350 e. The minimum atomic E-state index is -0.0595. The lowest BCUT2D eigenvalue weighted by molar-refractivity contribution is -0.0956. The molecule has 108 valence electrons. The standard InChI is InChI=1S/C15H18BrNO3/c16-13-4-2-1-3-12(13)14(18)17-7-5-11(6-8-17)15-19-9-10-20-15/h1-4,11,15H,5-10H2. The number of piperidine rings is 1. The van der Waals surface area contributed by atoms with Crippen LogP contribution in [0, 0.1) is 5.92 Å². The Morgan fingerprint density at radius 2 is 1.80 bits per heavy atom. The Morgan fingerprint density at radius 1 is 1.15 bits per heavy atom. The third-order valence-corrected chi connectivity index (χ3v) is 4.66. The van der Waals surface area contributed by atoms with Gasteiger partial charge >= 0.3 is 0 Å². The van der Waals surface area contributed by atoms with Gasteiger partial charge in [-0.25, -0.2) is 0 Å². The van der Waals surface area contributed by atoms with E-state index in [4.69, 9.17) is 9.47 Å². The molecule has 1 aromatic rings. The van der Waals surface area contributed by atoms with Crippen molar-refractivity contribution >= 4 is 21.8 Å². The van der Waals surface area contributed by atoms with E-state index in [2.05, 4.69) is 15.9 Å². The number of carbonyl (C=O) groups is 1. The van der Waals surface area contributed by atoms with Gasteiger partial charge in [0.25, 0.3) is 5.91 Å². The molecule has 0 unspecified atom stereocenters. The summed E-state index contributed by atoms with van der Waals surface area (Å²) in [5, 5.41) is 0. The molecule has 0 bridgehead atoms. The van der Waals surface area contributed by atoms with E-state index in [0.717, 1.165) is 36.0 Å². The van der Waals surface area contributed by atoms with Crippen molar-refractivity contribution in [2.45, 2.75) is 19.1 Å². The molecule has 0 spiro atoms. The van der Waals surface area contributed by atoms with Crippen molar-refractivity contribution in [2.75, 3.05) is 26.3 Å². The summed E-state index contributed by atoms with van der Waals surface area (Å²) < 4.78 is 12.0. The van der Waals surface area contributed by atoms with Crippen LogP contribution in [0.15, 0.2) is 28.7 Å². The van der Waals surface area contributed by atoms with Gasteiger partial charge in [0, 0.05) is 23.5 Å². The molecule has 0 radical (unpaired) electrons. The molecule has 2 aliphatic rings. The highest BCUT2D eigenvalue weighted by Gasteiger charge is 2.32. The Kier molecular flexibility index (Phi) is 4.38. The third-order valence-electron chi connectivity index (χ3n) is 3.96. The summed E-state index contributed by atoms with van der Waals surface area (Å²) in [4.78, 5) is 14.4. The zero-order chi connectivity index (χ0) is 13.9. The van der Waals surface area contributed by atoms with Crippen LogP contribution in [0.4, 0.5) is 0 Å². The lowest BCUT2D eigenvalue weighted by atomic mass is 9.95. The fraction of sp³-hybridized carbons (Fsp3) is 0.533. The number of rotatable bonds is 2. The van der Waals surface area contributed by atoms with Gasteiger partial charge in [-0.05, 0) is 40.9 Å². The third kappa shape index (κ3) is 2.90. The van der Waals surface area contributed by atoms with Crippen molar-refractivity contribution in [3.05, 3.63) is 34.3 Å². The Labute approximate surface area is 127 Å². The van der Waals surface area contributed by atoms with E-state index in [1.165, 1.54) is 0 Å². The molecule has 2 fully saturated rings. The SMILES string of the molecule is O=C(c1ccccc1Br)N1CCC(C2OCCO2)CC1. The Morgan fingerprint density at radius 3 is 2.45 bits per heavy atom. The molecule has 20 heavy (non-hydrogen) atoms. The molecule has 2 saturated heterocycles. The summed E-state index contributed by atoms with van der Waals surface area (Å²) in [5.74, 6) is 0.518. The summed E-state index contributed by atoms with van der Waals surface area (Å²) >= 11 is 3.44. The quantitative estimate of drug-likeness (QED) is 0.831. The molecule has 0 saturated carbocycles. The maximum Gasteiger partial charge on any atom is 0.254 e. The number of benzene rings is 1. The highest BCUT2D eigenvalue weighted by atomic mass is 79.9. The molecule has 1 amide bonds. The van der Waals surface area contributed by atoms with Crippen LogP contribution in [-0.2, 0) is 9.47 Å². The normalized spacial score (nSPS) is 21.4. The Balaban J connectivity index is 1.60. The van der Waals surface area contributed by atoms with Gasteiger partial charge in [-0.1, -0.05) is 12.1 Å². The summed E-state index contributed by atoms with van der Waals surface area (Å²) in [6.45, 7) is 2.93. The monoisotopic (exact) mass is 339 g/mol. The topological polar surface area (TPSA) is 38.8 Å². The maximum absolute atomic E-state index is 12.5. The predicted molar refractivity (Wildman–Crippen MR) is 78.5 cm³/mol. The van der Waals surface area contributed by atoms with E-state index in [1.807, 2.05) is 29.2 Å². The first kappa shape index (κ1) is 14.0. The number of ether oxygens (including phenoxy) is 2. The number of hydrogen-bond acceptors (Lipinski definition) is 3. The van der Waals surface area contributed by atoms with E-state index >= 15 is 0 Å². The van der Waals surface area contributed by atoms with Gasteiger partial charge in [-0.2, -0.15) is 0 Å². The predicted octanol–water partition coefficient (Wildman–Crippen LogP) is 2.67. The smallest absolute Gasteiger partial charge is 0.254 e. The van der Waals surface area contributed by atoms with Gasteiger partial charge in [-0.15, -0.1) is 0 Å². The number of carbonyl (C=O) groups excluding carboxylic acids is 1. The first-order valence-corrected chi connectivity index (χ1v) is 7.82. The van der Waals surface area contributed by atoms with Gasteiger partial charge in [0.1, 0.15) is 0 Å². The first-order chi connectivity index (χ1) is 9.75. The van der Waals surface area contributed by atoms with E-state index in [0.29, 0.717) is 19.1 Å². The van der Waals surface area contributed by atoms with Crippen molar-refractivity contribution in [3.8, 4) is 0 Å². The van der Waals surface area contributed by atoms with E-state index < -0.39 is 0 Å². The summed E-state index contributed by atoms with van der Waals surface area (Å²) in [7, 11) is 0. The molecule has 2 aliphatic heterocycles. The number of hydrogen-bond donors (Lipinski definition) is 0. The second kappa shape index (κ2) is 6.24. The van der Waals surface area contributed by atoms with Gasteiger partial charge in [0.05, 0.1) is 18.8 Å². The van der Waals surface area contributed by atoms with Crippen LogP contribution in [0.1, 0.15) is 23.2 Å². The van der Waals surface area contributed by atoms with Crippen LogP contribution in [-0.4, -0.2) is 43.4 Å². The molecule has 4 nitrogen and oxygen atoms in total. The van der Waals surface area contributed by atoms with E-state index in [-0.39, 0.29) is 12.2 Å². The molecule has 2 heterocycles. The lowest BCUT2D eigenvalue weighted by Crippen LogP contribution is -2.41. The zero-order valence-electron chi connectivity index (χ0n) is 11.3. The van der Waals surface area contributed by atoms with Crippen LogP contribution < -0.4 is 0 Å². The Hall–Kier alpha value is -0.910. The summed E-state index contributed by atoms with van der Waals surface area (Å²) in [6.07, 6.45) is 1.83. The van der Waals surface area contributed by atoms with E-state index in [1.54, 1.807) is 0 Å². The summed E-state index contributed by atoms with van der Waals surface area (Å²) in [6, 6.07) is 7.58. The second-order valence-electron chi connectivity index (χ2n) is 5.22. The Bertz CT molecular complexity index is 480. The van der Waals surface area contributed by atoms with Gasteiger partial charge < -0.3 is 14.4 Å². The number of amides is 1. The molecular formula is C15H18BrNO3. The average Bonchev–Trinajstić information content (AvgIpc) is 3.01. The van der Waals surface area contributed by atoms with Crippen molar-refractivity contribution < 1.29 is 14.3 Å². The fourth-order valence-electron chi connectivity index (χ4n) is 2.83. The highest BCUT2D eigenvalue weighted by Crippen LogP contribution is 2.27. The van der Waals surface area contributed by atoms with Crippen LogP contribution in [0.25, 0.3) is 0 Å². The molecule has 1 aromatic carbocycles. The molecule has 0 N–H and O–H groups in total. The molecule has 5 heteroatoms. The van der Waals surface area contributed by atoms with Gasteiger partial charge in [0.15, 0.2) is 6.29 Å². The number of halogens is 1. The summed E-state index contributed by atoms with van der Waals surface area (Å²) in [5.41, 5.74) is 0.735. The van der Waals surface area contributed by atoms with Crippen LogP contribution in [0.2, 0.25) is 0 Å². The van der Waals surface area contributed by atoms with Crippen LogP contribution >= 0.6 is 15.9 Å². The molecular weight excluding hydrogens is 322 g/mol. The highest BCUT2D eigenvalue weighted by molar-refractivity contribution is 9.10. The molecule has 0 aromatic heterocycles. The van der Waals surface area contributed by atoms with Gasteiger partial charge in [0.2, 0.25) is 0 Å². The van der Waals surface area contributed by atoms with Crippen molar-refractivity contribution in [2.24, 2.45) is 5.92 Å². The minimum absolute atomic E-state index is 0.0595. The average molecular weight is 340 g/mol. The first-order valence-electron chi connectivity index (χ1n) is 7.03. The second-order valence-corrected chi connectivity index (χ2v) is 6.07. The van der Waals surface area contributed by atoms with Crippen molar-refractivity contribution in [1.29, 1.82) is 0 Å². The van der Waals surface area contributed by atoms with Crippen LogP contribution in [0.3, 0.4) is 0 Å². The molecule has 0 aliphatic carbocycles.